The molecule has 4 amide bonds. The predicted octanol–water partition coefficient (Wildman–Crippen LogP) is 4.39. The molecule has 7 nitrogen and oxygen atoms in total. The van der Waals surface area contributed by atoms with Crippen LogP contribution in [0.15, 0.2) is 12.0 Å². The van der Waals surface area contributed by atoms with Crippen molar-refractivity contribution in [1.82, 2.24) is 9.80 Å². The number of carbonyl (C=O) groups is 3. The van der Waals surface area contributed by atoms with E-state index < -0.39 is 39.9 Å². The third-order valence-corrected chi connectivity index (χ3v) is 6.64. The fraction of sp³-hybridized carbons (Fsp3) is 0.750. The van der Waals surface area contributed by atoms with Crippen LogP contribution >= 0.6 is 0 Å². The fourth-order valence-corrected chi connectivity index (χ4v) is 4.92. The lowest BCUT2D eigenvalue weighted by Gasteiger charge is -2.45. The quantitative estimate of drug-likeness (QED) is 0.301. The highest BCUT2D eigenvalue weighted by molar-refractivity contribution is 6.70. The molecule has 0 aromatic heterocycles. The lowest BCUT2D eigenvalue weighted by Crippen LogP contribution is -2.65. The number of allylic oxidation sites excluding steroid dienone is 1. The second-order valence-corrected chi connectivity index (χ2v) is 18.8. The van der Waals surface area contributed by atoms with E-state index in [0.29, 0.717) is 12.2 Å². The predicted molar refractivity (Wildman–Crippen MR) is 119 cm³/mol. The molecule has 166 valence electrons. The van der Waals surface area contributed by atoms with E-state index >= 15 is 0 Å². The van der Waals surface area contributed by atoms with Gasteiger partial charge in [-0.2, -0.15) is 0 Å². The van der Waals surface area contributed by atoms with Crippen LogP contribution in [0.3, 0.4) is 0 Å². The van der Waals surface area contributed by atoms with E-state index in [0.717, 1.165) is 16.2 Å². The molecule has 0 N–H and O–H groups in total. The topological polar surface area (TPSA) is 76.2 Å². The Bertz CT molecular complexity index is 655. The molecule has 1 heterocycles. The summed E-state index contributed by atoms with van der Waals surface area (Å²) in [5.41, 5.74) is -1.39. The van der Waals surface area contributed by atoms with Gasteiger partial charge < -0.3 is 8.85 Å². The third-order valence-electron chi connectivity index (χ3n) is 4.94. The van der Waals surface area contributed by atoms with E-state index in [4.69, 9.17) is 8.85 Å². The van der Waals surface area contributed by atoms with Crippen LogP contribution in [0.4, 0.5) is 4.79 Å². The molecule has 0 bridgehead atoms. The number of barbiturate groups is 1. The molecule has 1 unspecified atom stereocenters. The van der Waals surface area contributed by atoms with Crippen molar-refractivity contribution >= 4 is 34.5 Å². The Balaban J connectivity index is 3.53. The molecule has 1 rings (SSSR count). The van der Waals surface area contributed by atoms with Crippen molar-refractivity contribution in [3.8, 4) is 0 Å². The SMILES string of the molecule is CCCC(C)C1(C/C(=C/O[Si](C)(C)C)O[Si](C)(C)C)C(=O)N(C)C(=O)N(C)C1=O. The lowest BCUT2D eigenvalue weighted by atomic mass is 9.68. The molecule has 0 aliphatic carbocycles. The standard InChI is InChI=1S/C20H38N2O5Si2/c1-11-12-15(2)20(17(23)21(3)19(25)22(4)18(20)24)13-16(27-29(8,9)10)14-26-28(5,6)7/h14-15H,11-13H2,1-10H3/b16-14-. The fourth-order valence-electron chi connectivity index (χ4n) is 3.53. The molecular formula is C20H38N2O5Si2. The van der Waals surface area contributed by atoms with Crippen LogP contribution in [-0.4, -0.2) is 58.4 Å². The molecule has 1 aliphatic heterocycles. The van der Waals surface area contributed by atoms with Gasteiger partial charge in [-0.15, -0.1) is 0 Å². The van der Waals surface area contributed by atoms with Gasteiger partial charge in [-0.1, -0.05) is 20.3 Å². The molecule has 0 aromatic rings. The second kappa shape index (κ2) is 9.03. The summed E-state index contributed by atoms with van der Waals surface area (Å²) in [6.45, 7) is 16.2. The maximum absolute atomic E-state index is 13.4. The van der Waals surface area contributed by atoms with Crippen molar-refractivity contribution in [2.24, 2.45) is 11.3 Å². The summed E-state index contributed by atoms with van der Waals surface area (Å²) >= 11 is 0. The highest BCUT2D eigenvalue weighted by Gasteiger charge is 2.58. The lowest BCUT2D eigenvalue weighted by molar-refractivity contribution is -0.161. The van der Waals surface area contributed by atoms with Crippen LogP contribution in [-0.2, 0) is 18.4 Å². The highest BCUT2D eigenvalue weighted by Crippen LogP contribution is 2.44. The summed E-state index contributed by atoms with van der Waals surface area (Å²) in [5.74, 6) is -0.687. The van der Waals surface area contributed by atoms with Crippen LogP contribution in [0.25, 0.3) is 0 Å². The summed E-state index contributed by atoms with van der Waals surface area (Å²) in [7, 11) is -1.05. The van der Waals surface area contributed by atoms with Gasteiger partial charge in [0, 0.05) is 20.5 Å². The Kier molecular flexibility index (Phi) is 7.92. The minimum absolute atomic E-state index is 0.0859. The minimum Gasteiger partial charge on any atom is -0.547 e. The van der Waals surface area contributed by atoms with Gasteiger partial charge in [-0.25, -0.2) is 4.79 Å². The smallest absolute Gasteiger partial charge is 0.332 e. The number of hydrogen-bond donors (Lipinski definition) is 0. The number of hydrogen-bond acceptors (Lipinski definition) is 5. The van der Waals surface area contributed by atoms with Gasteiger partial charge in [0.25, 0.3) is 0 Å². The summed E-state index contributed by atoms with van der Waals surface area (Å²) in [6.07, 6.45) is 3.19. The first-order valence-electron chi connectivity index (χ1n) is 10.2. The molecule has 1 aliphatic rings. The number of nitrogens with zero attached hydrogens (tertiary/aromatic N) is 2. The molecule has 9 heteroatoms. The Labute approximate surface area is 177 Å². The van der Waals surface area contributed by atoms with Gasteiger partial charge in [0.1, 0.15) is 17.4 Å². The van der Waals surface area contributed by atoms with Gasteiger partial charge >= 0.3 is 6.03 Å². The molecule has 1 atom stereocenters. The van der Waals surface area contributed by atoms with E-state index in [1.54, 1.807) is 6.26 Å². The van der Waals surface area contributed by atoms with E-state index in [1.165, 1.54) is 14.1 Å². The first kappa shape index (κ1) is 25.4. The molecule has 0 radical (unpaired) electrons. The first-order valence-corrected chi connectivity index (χ1v) is 17.0. The number of carbonyl (C=O) groups excluding carboxylic acids is 3. The summed E-state index contributed by atoms with van der Waals surface area (Å²) in [5, 5.41) is 0. The minimum atomic E-state index is -2.03. The second-order valence-electron chi connectivity index (χ2n) is 9.88. The monoisotopic (exact) mass is 442 g/mol. The van der Waals surface area contributed by atoms with Crippen molar-refractivity contribution in [3.05, 3.63) is 12.0 Å². The molecule has 29 heavy (non-hydrogen) atoms. The van der Waals surface area contributed by atoms with Crippen LogP contribution in [0.2, 0.25) is 39.3 Å². The highest BCUT2D eigenvalue weighted by atomic mass is 28.4. The molecule has 1 fully saturated rings. The van der Waals surface area contributed by atoms with Crippen molar-refractivity contribution in [2.45, 2.75) is 72.4 Å². The maximum Gasteiger partial charge on any atom is 0.332 e. The Hall–Kier alpha value is -1.62. The van der Waals surface area contributed by atoms with Crippen molar-refractivity contribution in [1.29, 1.82) is 0 Å². The van der Waals surface area contributed by atoms with E-state index in [9.17, 15) is 14.4 Å². The Morgan fingerprint density at radius 3 is 1.86 bits per heavy atom. The van der Waals surface area contributed by atoms with E-state index in [-0.39, 0.29) is 12.3 Å². The Morgan fingerprint density at radius 2 is 1.48 bits per heavy atom. The van der Waals surface area contributed by atoms with Crippen molar-refractivity contribution in [2.75, 3.05) is 14.1 Å². The van der Waals surface area contributed by atoms with Crippen LogP contribution in [0.5, 0.6) is 0 Å². The van der Waals surface area contributed by atoms with E-state index in [1.807, 2.05) is 33.5 Å². The first-order chi connectivity index (χ1) is 13.1. The number of amides is 4. The molecule has 0 aromatic carbocycles. The largest absolute Gasteiger partial charge is 0.547 e. The van der Waals surface area contributed by atoms with E-state index in [2.05, 4.69) is 19.6 Å². The summed E-state index contributed by atoms with van der Waals surface area (Å²) in [4.78, 5) is 41.2. The van der Waals surface area contributed by atoms with Gasteiger partial charge in [0.05, 0.1) is 0 Å². The Morgan fingerprint density at radius 1 is 1.00 bits per heavy atom. The zero-order chi connectivity index (χ0) is 22.8. The van der Waals surface area contributed by atoms with Crippen LogP contribution in [0.1, 0.15) is 33.1 Å². The normalized spacial score (nSPS) is 19.5. The van der Waals surface area contributed by atoms with Gasteiger partial charge in [0.2, 0.25) is 28.4 Å². The molecule has 1 saturated heterocycles. The number of urea groups is 1. The maximum atomic E-state index is 13.4. The van der Waals surface area contributed by atoms with Gasteiger partial charge in [-0.3, -0.25) is 19.4 Å². The average molecular weight is 443 g/mol. The summed E-state index contributed by atoms with van der Waals surface area (Å²) < 4.78 is 12.2. The van der Waals surface area contributed by atoms with Gasteiger partial charge in [0.15, 0.2) is 0 Å². The molecular weight excluding hydrogens is 404 g/mol. The number of rotatable bonds is 9. The van der Waals surface area contributed by atoms with Gasteiger partial charge in [-0.05, 0) is 51.6 Å². The zero-order valence-corrected chi connectivity index (χ0v) is 21.7. The van der Waals surface area contributed by atoms with Crippen molar-refractivity contribution in [3.63, 3.8) is 0 Å². The molecule has 0 spiro atoms. The van der Waals surface area contributed by atoms with Crippen LogP contribution < -0.4 is 0 Å². The number of imide groups is 2. The molecule has 0 saturated carbocycles. The summed E-state index contributed by atoms with van der Waals surface area (Å²) in [6, 6.07) is -0.602. The van der Waals surface area contributed by atoms with Crippen molar-refractivity contribution < 1.29 is 23.2 Å². The average Bonchev–Trinajstić information content (AvgIpc) is 2.58. The zero-order valence-electron chi connectivity index (χ0n) is 19.7. The third kappa shape index (κ3) is 5.94. The van der Waals surface area contributed by atoms with Crippen LogP contribution in [0, 0.1) is 11.3 Å².